The number of piperidine rings is 1. The van der Waals surface area contributed by atoms with E-state index in [0.717, 1.165) is 37.8 Å². The first-order valence-electron chi connectivity index (χ1n) is 9.97. The Morgan fingerprint density at radius 1 is 1.08 bits per heavy atom. The number of hydrogen-bond acceptors (Lipinski definition) is 3. The van der Waals surface area contributed by atoms with E-state index in [1.54, 1.807) is 0 Å². The fourth-order valence-corrected chi connectivity index (χ4v) is 3.42. The number of nitrogens with one attached hydrogen (secondary N) is 1. The predicted molar refractivity (Wildman–Crippen MR) is 103 cm³/mol. The lowest BCUT2D eigenvalue weighted by atomic mass is 9.96. The number of benzene rings is 1. The normalized spacial score (nSPS) is 16.4. The Morgan fingerprint density at radius 2 is 1.88 bits per heavy atom. The molecule has 0 radical (unpaired) electrons. The second-order valence-electron chi connectivity index (χ2n) is 7.04. The summed E-state index contributed by atoms with van der Waals surface area (Å²) < 4.78 is 6.06. The zero-order valence-electron chi connectivity index (χ0n) is 15.7. The van der Waals surface area contributed by atoms with E-state index in [0.29, 0.717) is 0 Å². The van der Waals surface area contributed by atoms with Crippen LogP contribution in [-0.4, -0.2) is 37.7 Å². The summed E-state index contributed by atoms with van der Waals surface area (Å²) in [6.07, 6.45) is 7.66. The van der Waals surface area contributed by atoms with Gasteiger partial charge in [-0.3, -0.25) is 4.90 Å². The number of rotatable bonds is 11. The van der Waals surface area contributed by atoms with Crippen LogP contribution in [0.4, 0.5) is 0 Å². The van der Waals surface area contributed by atoms with Crippen molar-refractivity contribution in [3.8, 4) is 5.75 Å². The van der Waals surface area contributed by atoms with Crippen LogP contribution in [0.1, 0.15) is 57.9 Å². The third-order valence-electron chi connectivity index (χ3n) is 5.01. The van der Waals surface area contributed by atoms with Crippen molar-refractivity contribution in [1.29, 1.82) is 0 Å². The number of nitrogens with zero attached hydrogens (tertiary/aromatic N) is 1. The monoisotopic (exact) mass is 332 g/mol. The van der Waals surface area contributed by atoms with E-state index in [4.69, 9.17) is 4.74 Å². The van der Waals surface area contributed by atoms with Gasteiger partial charge >= 0.3 is 0 Å². The van der Waals surface area contributed by atoms with Crippen LogP contribution in [-0.2, 0) is 6.54 Å². The first-order chi connectivity index (χ1) is 11.8. The van der Waals surface area contributed by atoms with Crippen LogP contribution >= 0.6 is 0 Å². The summed E-state index contributed by atoms with van der Waals surface area (Å²) in [5, 5.41) is 3.49. The van der Waals surface area contributed by atoms with E-state index in [1.807, 2.05) is 0 Å². The van der Waals surface area contributed by atoms with Crippen LogP contribution in [0.25, 0.3) is 0 Å². The standard InChI is InChI=1S/C21H36N2O/c1-3-5-6-9-16-24-21-11-8-7-10-20(21)18-23-14-12-19(13-15-23)17-22-4-2/h7-8,10-11,19,22H,3-6,9,12-18H2,1-2H3. The van der Waals surface area contributed by atoms with Crippen LogP contribution in [0.5, 0.6) is 5.75 Å². The van der Waals surface area contributed by atoms with Crippen LogP contribution < -0.4 is 10.1 Å². The molecule has 0 aliphatic carbocycles. The molecule has 0 aromatic heterocycles. The molecule has 0 amide bonds. The smallest absolute Gasteiger partial charge is 0.123 e. The second kappa shape index (κ2) is 11.5. The summed E-state index contributed by atoms with van der Waals surface area (Å²) >= 11 is 0. The van der Waals surface area contributed by atoms with Gasteiger partial charge in [-0.2, -0.15) is 0 Å². The van der Waals surface area contributed by atoms with Gasteiger partial charge in [0.05, 0.1) is 6.61 Å². The first-order valence-corrected chi connectivity index (χ1v) is 9.97. The minimum absolute atomic E-state index is 0.849. The van der Waals surface area contributed by atoms with Gasteiger partial charge in [0.15, 0.2) is 0 Å². The van der Waals surface area contributed by atoms with Crippen LogP contribution in [0, 0.1) is 5.92 Å². The molecule has 1 saturated heterocycles. The summed E-state index contributed by atoms with van der Waals surface area (Å²) in [7, 11) is 0. The third kappa shape index (κ3) is 6.82. The Bertz CT molecular complexity index is 441. The van der Waals surface area contributed by atoms with Gasteiger partial charge in [0.1, 0.15) is 5.75 Å². The average molecular weight is 333 g/mol. The molecule has 136 valence electrons. The summed E-state index contributed by atoms with van der Waals surface area (Å²) in [5.41, 5.74) is 1.35. The molecule has 0 saturated carbocycles. The molecule has 2 rings (SSSR count). The average Bonchev–Trinajstić information content (AvgIpc) is 2.62. The van der Waals surface area contributed by atoms with Gasteiger partial charge in [-0.05, 0) is 57.4 Å². The largest absolute Gasteiger partial charge is 0.493 e. The van der Waals surface area contributed by atoms with Crippen molar-refractivity contribution in [3.05, 3.63) is 29.8 Å². The van der Waals surface area contributed by atoms with Crippen molar-refractivity contribution in [2.45, 2.75) is 58.9 Å². The van der Waals surface area contributed by atoms with Crippen molar-refractivity contribution in [2.75, 3.05) is 32.8 Å². The van der Waals surface area contributed by atoms with Crippen molar-refractivity contribution < 1.29 is 4.74 Å². The zero-order valence-corrected chi connectivity index (χ0v) is 15.7. The van der Waals surface area contributed by atoms with Gasteiger partial charge < -0.3 is 10.1 Å². The molecule has 1 N–H and O–H groups in total. The molecular weight excluding hydrogens is 296 g/mol. The Balaban J connectivity index is 1.76. The fraction of sp³-hybridized carbons (Fsp3) is 0.714. The van der Waals surface area contributed by atoms with Gasteiger partial charge in [-0.15, -0.1) is 0 Å². The second-order valence-corrected chi connectivity index (χ2v) is 7.04. The lowest BCUT2D eigenvalue weighted by Crippen LogP contribution is -2.36. The van der Waals surface area contributed by atoms with Crippen molar-refractivity contribution in [2.24, 2.45) is 5.92 Å². The molecule has 0 unspecified atom stereocenters. The van der Waals surface area contributed by atoms with Crippen LogP contribution in [0.15, 0.2) is 24.3 Å². The van der Waals surface area contributed by atoms with E-state index in [1.165, 1.54) is 57.3 Å². The first kappa shape index (κ1) is 19.3. The lowest BCUT2D eigenvalue weighted by molar-refractivity contribution is 0.173. The summed E-state index contributed by atoms with van der Waals surface area (Å²) in [6.45, 7) is 11.0. The van der Waals surface area contributed by atoms with Crippen LogP contribution in [0.3, 0.4) is 0 Å². The van der Waals surface area contributed by atoms with Gasteiger partial charge in [-0.25, -0.2) is 0 Å². The van der Waals surface area contributed by atoms with Gasteiger partial charge in [0, 0.05) is 12.1 Å². The highest BCUT2D eigenvalue weighted by atomic mass is 16.5. The number of unbranched alkanes of at least 4 members (excludes halogenated alkanes) is 3. The topological polar surface area (TPSA) is 24.5 Å². The van der Waals surface area contributed by atoms with Crippen LogP contribution in [0.2, 0.25) is 0 Å². The molecule has 3 nitrogen and oxygen atoms in total. The molecule has 3 heteroatoms. The maximum absolute atomic E-state index is 6.06. The Labute approximate surface area is 148 Å². The summed E-state index contributed by atoms with van der Waals surface area (Å²) in [6, 6.07) is 8.59. The molecule has 0 atom stereocenters. The van der Waals surface area contributed by atoms with E-state index in [9.17, 15) is 0 Å². The molecule has 1 heterocycles. The Kier molecular flexibility index (Phi) is 9.22. The molecule has 1 aliphatic heterocycles. The minimum atomic E-state index is 0.849. The number of ether oxygens (including phenoxy) is 1. The molecule has 1 aromatic rings. The maximum Gasteiger partial charge on any atom is 0.123 e. The molecule has 0 spiro atoms. The zero-order chi connectivity index (χ0) is 17.0. The van der Waals surface area contributed by atoms with E-state index in [2.05, 4.69) is 48.3 Å². The number of likely N-dealkylation sites (tertiary alicyclic amines) is 1. The van der Waals surface area contributed by atoms with Gasteiger partial charge in [-0.1, -0.05) is 51.3 Å². The highest BCUT2D eigenvalue weighted by molar-refractivity contribution is 5.33. The SMILES string of the molecule is CCCCCCOc1ccccc1CN1CCC(CNCC)CC1. The highest BCUT2D eigenvalue weighted by Gasteiger charge is 2.19. The predicted octanol–water partition coefficient (Wildman–Crippen LogP) is 4.47. The van der Waals surface area contributed by atoms with Gasteiger partial charge in [0.25, 0.3) is 0 Å². The number of hydrogen-bond donors (Lipinski definition) is 1. The van der Waals surface area contributed by atoms with Crippen molar-refractivity contribution >= 4 is 0 Å². The summed E-state index contributed by atoms with van der Waals surface area (Å²) in [4.78, 5) is 2.59. The summed E-state index contributed by atoms with van der Waals surface area (Å²) in [5.74, 6) is 1.94. The van der Waals surface area contributed by atoms with E-state index in [-0.39, 0.29) is 0 Å². The molecule has 1 fully saturated rings. The fourth-order valence-electron chi connectivity index (χ4n) is 3.42. The quantitative estimate of drug-likeness (QED) is 0.605. The molecule has 24 heavy (non-hydrogen) atoms. The Hall–Kier alpha value is -1.06. The van der Waals surface area contributed by atoms with Crippen molar-refractivity contribution in [1.82, 2.24) is 10.2 Å². The lowest BCUT2D eigenvalue weighted by Gasteiger charge is -2.32. The molecule has 1 aliphatic rings. The minimum Gasteiger partial charge on any atom is -0.493 e. The molecule has 0 bridgehead atoms. The Morgan fingerprint density at radius 3 is 2.62 bits per heavy atom. The van der Waals surface area contributed by atoms with E-state index >= 15 is 0 Å². The molecule has 1 aromatic carbocycles. The highest BCUT2D eigenvalue weighted by Crippen LogP contribution is 2.23. The van der Waals surface area contributed by atoms with Gasteiger partial charge in [0.2, 0.25) is 0 Å². The van der Waals surface area contributed by atoms with E-state index < -0.39 is 0 Å². The van der Waals surface area contributed by atoms with Crippen molar-refractivity contribution in [3.63, 3.8) is 0 Å². The third-order valence-corrected chi connectivity index (χ3v) is 5.01. The number of para-hydroxylation sites is 1. The maximum atomic E-state index is 6.06. The molecular formula is C21H36N2O.